The van der Waals surface area contributed by atoms with E-state index in [1.54, 1.807) is 12.1 Å². The summed E-state index contributed by atoms with van der Waals surface area (Å²) >= 11 is 0. The first-order chi connectivity index (χ1) is 9.63. The molecule has 1 amide bonds. The Balaban J connectivity index is 1.70. The predicted molar refractivity (Wildman–Crippen MR) is 74.1 cm³/mol. The molecule has 6 heteroatoms. The van der Waals surface area contributed by atoms with Gasteiger partial charge < -0.3 is 10.4 Å². The second kappa shape index (κ2) is 7.21. The van der Waals surface area contributed by atoms with E-state index in [0.717, 1.165) is 44.8 Å². The minimum atomic E-state index is -0.977. The van der Waals surface area contributed by atoms with Crippen LogP contribution in [0.2, 0.25) is 0 Å². The number of rotatable bonds is 5. The van der Waals surface area contributed by atoms with E-state index in [1.807, 2.05) is 6.07 Å². The fourth-order valence-electron chi connectivity index (χ4n) is 2.39. The highest BCUT2D eigenvalue weighted by Crippen LogP contribution is 2.09. The first-order valence-corrected chi connectivity index (χ1v) is 6.79. The molecule has 2 N–H and O–H groups in total. The molecule has 0 atom stereocenters. The van der Waals surface area contributed by atoms with E-state index < -0.39 is 6.09 Å². The Morgan fingerprint density at radius 2 is 1.95 bits per heavy atom. The van der Waals surface area contributed by atoms with Crippen molar-refractivity contribution in [2.24, 2.45) is 0 Å². The molecule has 0 radical (unpaired) electrons. The van der Waals surface area contributed by atoms with Crippen LogP contribution >= 0.6 is 0 Å². The average Bonchev–Trinajstić information content (AvgIpc) is 2.40. The molecule has 20 heavy (non-hydrogen) atoms. The number of carbonyl (C=O) groups is 1. The van der Waals surface area contributed by atoms with Crippen LogP contribution in [0.15, 0.2) is 24.3 Å². The van der Waals surface area contributed by atoms with Gasteiger partial charge in [0.25, 0.3) is 0 Å². The van der Waals surface area contributed by atoms with Crippen LogP contribution in [0.5, 0.6) is 0 Å². The minimum absolute atomic E-state index is 0.194. The summed E-state index contributed by atoms with van der Waals surface area (Å²) in [6.07, 6.45) is -0.977. The number of nitrogens with zero attached hydrogens (tertiary/aromatic N) is 2. The number of carboxylic acid groups (broad SMARTS) is 1. The summed E-state index contributed by atoms with van der Waals surface area (Å²) in [4.78, 5) is 14.9. The van der Waals surface area contributed by atoms with Crippen LogP contribution < -0.4 is 5.32 Å². The van der Waals surface area contributed by atoms with E-state index in [0.29, 0.717) is 6.54 Å². The van der Waals surface area contributed by atoms with Gasteiger partial charge in [-0.2, -0.15) is 0 Å². The summed E-state index contributed by atoms with van der Waals surface area (Å²) in [5, 5.41) is 10.9. The molecule has 5 nitrogen and oxygen atoms in total. The van der Waals surface area contributed by atoms with E-state index >= 15 is 0 Å². The molecule has 1 saturated heterocycles. The number of hydrogen-bond donors (Lipinski definition) is 2. The molecule has 0 spiro atoms. The molecule has 1 aliphatic rings. The molecule has 0 aliphatic carbocycles. The lowest BCUT2D eigenvalue weighted by atomic mass is 10.2. The van der Waals surface area contributed by atoms with Crippen molar-refractivity contribution >= 4 is 6.09 Å². The van der Waals surface area contributed by atoms with Crippen molar-refractivity contribution in [1.82, 2.24) is 15.1 Å². The Labute approximate surface area is 118 Å². The van der Waals surface area contributed by atoms with Gasteiger partial charge in [-0.3, -0.25) is 9.80 Å². The molecule has 0 aromatic heterocycles. The molecule has 0 bridgehead atoms. The number of hydrogen-bond acceptors (Lipinski definition) is 3. The van der Waals surface area contributed by atoms with E-state index in [1.165, 1.54) is 6.07 Å². The lowest BCUT2D eigenvalue weighted by Gasteiger charge is -2.34. The van der Waals surface area contributed by atoms with Crippen molar-refractivity contribution in [3.05, 3.63) is 35.6 Å². The van der Waals surface area contributed by atoms with Crippen LogP contribution in [0.4, 0.5) is 9.18 Å². The van der Waals surface area contributed by atoms with Gasteiger partial charge in [0.1, 0.15) is 5.82 Å². The lowest BCUT2D eigenvalue weighted by molar-refractivity contribution is 0.126. The van der Waals surface area contributed by atoms with Gasteiger partial charge in [0.2, 0.25) is 0 Å². The monoisotopic (exact) mass is 281 g/mol. The van der Waals surface area contributed by atoms with Gasteiger partial charge in [0.05, 0.1) is 0 Å². The zero-order valence-corrected chi connectivity index (χ0v) is 11.4. The number of amides is 1. The number of halogens is 1. The van der Waals surface area contributed by atoms with Gasteiger partial charge in [-0.05, 0) is 17.7 Å². The van der Waals surface area contributed by atoms with Gasteiger partial charge in [0, 0.05) is 45.8 Å². The summed E-state index contributed by atoms with van der Waals surface area (Å²) in [6.45, 7) is 5.62. The Morgan fingerprint density at radius 3 is 2.60 bits per heavy atom. The van der Waals surface area contributed by atoms with Gasteiger partial charge in [0.15, 0.2) is 0 Å². The largest absolute Gasteiger partial charge is 0.465 e. The SMILES string of the molecule is O=C(O)NCCN1CCN(Cc2cccc(F)c2)CC1. The first-order valence-electron chi connectivity index (χ1n) is 6.79. The van der Waals surface area contributed by atoms with Crippen molar-refractivity contribution in [3.8, 4) is 0 Å². The van der Waals surface area contributed by atoms with Crippen molar-refractivity contribution in [2.45, 2.75) is 6.54 Å². The molecule has 1 fully saturated rings. The molecule has 1 aliphatic heterocycles. The van der Waals surface area contributed by atoms with Gasteiger partial charge in [-0.25, -0.2) is 9.18 Å². The highest BCUT2D eigenvalue weighted by Gasteiger charge is 2.16. The number of nitrogens with one attached hydrogen (secondary N) is 1. The van der Waals surface area contributed by atoms with Crippen molar-refractivity contribution in [2.75, 3.05) is 39.3 Å². The van der Waals surface area contributed by atoms with Crippen LogP contribution in [0.3, 0.4) is 0 Å². The summed E-state index contributed by atoms with van der Waals surface area (Å²) < 4.78 is 13.1. The maximum absolute atomic E-state index is 13.1. The van der Waals surface area contributed by atoms with Crippen molar-refractivity contribution in [3.63, 3.8) is 0 Å². The third-order valence-electron chi connectivity index (χ3n) is 3.46. The molecule has 110 valence electrons. The zero-order chi connectivity index (χ0) is 14.4. The Morgan fingerprint density at radius 1 is 1.25 bits per heavy atom. The molecule has 1 aromatic carbocycles. The summed E-state index contributed by atoms with van der Waals surface area (Å²) in [5.41, 5.74) is 0.992. The molecule has 0 unspecified atom stereocenters. The van der Waals surface area contributed by atoms with E-state index in [-0.39, 0.29) is 5.82 Å². The van der Waals surface area contributed by atoms with E-state index in [4.69, 9.17) is 5.11 Å². The molecule has 0 saturated carbocycles. The second-order valence-corrected chi connectivity index (χ2v) is 4.98. The van der Waals surface area contributed by atoms with E-state index in [2.05, 4.69) is 15.1 Å². The topological polar surface area (TPSA) is 55.8 Å². The maximum Gasteiger partial charge on any atom is 0.404 e. The van der Waals surface area contributed by atoms with Crippen molar-refractivity contribution < 1.29 is 14.3 Å². The minimum Gasteiger partial charge on any atom is -0.465 e. The molecule has 2 rings (SSSR count). The first kappa shape index (κ1) is 14.7. The van der Waals surface area contributed by atoms with Crippen LogP contribution in [-0.2, 0) is 6.54 Å². The molecular weight excluding hydrogens is 261 g/mol. The fourth-order valence-corrected chi connectivity index (χ4v) is 2.39. The lowest BCUT2D eigenvalue weighted by Crippen LogP contribution is -2.47. The standard InChI is InChI=1S/C14H20FN3O2/c15-13-3-1-2-12(10-13)11-18-8-6-17(7-9-18)5-4-16-14(19)20/h1-3,10,16H,4-9,11H2,(H,19,20). The quantitative estimate of drug-likeness (QED) is 0.852. The smallest absolute Gasteiger partial charge is 0.404 e. The number of piperazine rings is 1. The molecule has 1 heterocycles. The van der Waals surface area contributed by atoms with Crippen LogP contribution in [0, 0.1) is 5.82 Å². The average molecular weight is 281 g/mol. The van der Waals surface area contributed by atoms with Gasteiger partial charge >= 0.3 is 6.09 Å². The van der Waals surface area contributed by atoms with Crippen LogP contribution in [-0.4, -0.2) is 60.3 Å². The Bertz CT molecular complexity index is 448. The third kappa shape index (κ3) is 4.79. The highest BCUT2D eigenvalue weighted by molar-refractivity contribution is 5.64. The number of benzene rings is 1. The summed E-state index contributed by atoms with van der Waals surface area (Å²) in [7, 11) is 0. The maximum atomic E-state index is 13.1. The fraction of sp³-hybridized carbons (Fsp3) is 0.500. The summed E-state index contributed by atoms with van der Waals surface area (Å²) in [6, 6.07) is 6.70. The highest BCUT2D eigenvalue weighted by atomic mass is 19.1. The third-order valence-corrected chi connectivity index (χ3v) is 3.46. The molecule has 1 aromatic rings. The second-order valence-electron chi connectivity index (χ2n) is 4.98. The molecular formula is C14H20FN3O2. The van der Waals surface area contributed by atoms with Crippen LogP contribution in [0.25, 0.3) is 0 Å². The zero-order valence-electron chi connectivity index (χ0n) is 11.4. The van der Waals surface area contributed by atoms with Crippen molar-refractivity contribution in [1.29, 1.82) is 0 Å². The predicted octanol–water partition coefficient (Wildman–Crippen LogP) is 1.21. The Hall–Kier alpha value is -1.66. The van der Waals surface area contributed by atoms with E-state index in [9.17, 15) is 9.18 Å². The van der Waals surface area contributed by atoms with Gasteiger partial charge in [-0.1, -0.05) is 12.1 Å². The van der Waals surface area contributed by atoms with Crippen LogP contribution in [0.1, 0.15) is 5.56 Å². The normalized spacial score (nSPS) is 17.1. The Kier molecular flexibility index (Phi) is 5.31. The van der Waals surface area contributed by atoms with Gasteiger partial charge in [-0.15, -0.1) is 0 Å². The summed E-state index contributed by atoms with van der Waals surface area (Å²) in [5.74, 6) is -0.194.